The molecule has 0 bridgehead atoms. The first-order valence-electron chi connectivity index (χ1n) is 7.48. The van der Waals surface area contributed by atoms with E-state index in [9.17, 15) is 18.4 Å². The molecule has 6 nitrogen and oxygen atoms in total. The number of benzene rings is 1. The summed E-state index contributed by atoms with van der Waals surface area (Å²) in [5.41, 5.74) is 0.317. The van der Waals surface area contributed by atoms with Gasteiger partial charge >= 0.3 is 0 Å². The summed E-state index contributed by atoms with van der Waals surface area (Å²) in [5, 5.41) is 6.12. The Balaban J connectivity index is 1.67. The molecule has 0 saturated carbocycles. The number of nitrogens with one attached hydrogen (secondary N) is 1. The SMILES string of the molecule is O=C(N[C@H]1CCCN(Cc2ccc(F)cc2F)C1=O)c1ccon1. The number of aromatic nitrogens is 1. The van der Waals surface area contributed by atoms with Crippen molar-refractivity contribution in [2.75, 3.05) is 6.54 Å². The molecule has 126 valence electrons. The molecule has 1 saturated heterocycles. The van der Waals surface area contributed by atoms with E-state index in [1.807, 2.05) is 0 Å². The zero-order chi connectivity index (χ0) is 17.1. The number of amides is 2. The predicted molar refractivity (Wildman–Crippen MR) is 78.8 cm³/mol. The molecular formula is C16H15F2N3O3. The van der Waals surface area contributed by atoms with Gasteiger partial charge in [0.2, 0.25) is 5.91 Å². The van der Waals surface area contributed by atoms with E-state index in [1.165, 1.54) is 23.3 Å². The van der Waals surface area contributed by atoms with Gasteiger partial charge in [0, 0.05) is 30.8 Å². The molecule has 1 N–H and O–H groups in total. The molecule has 1 aromatic heterocycles. The predicted octanol–water partition coefficient (Wildman–Crippen LogP) is 1.87. The minimum absolute atomic E-state index is 0.0290. The van der Waals surface area contributed by atoms with Crippen molar-refractivity contribution in [1.82, 2.24) is 15.4 Å². The number of rotatable bonds is 4. The third kappa shape index (κ3) is 3.42. The van der Waals surface area contributed by atoms with Crippen molar-refractivity contribution in [3.05, 3.63) is 53.4 Å². The van der Waals surface area contributed by atoms with Crippen LogP contribution in [0.2, 0.25) is 0 Å². The molecule has 0 unspecified atom stereocenters. The van der Waals surface area contributed by atoms with Crippen LogP contribution in [0.15, 0.2) is 35.1 Å². The topological polar surface area (TPSA) is 75.4 Å². The zero-order valence-electron chi connectivity index (χ0n) is 12.7. The molecule has 1 aromatic carbocycles. The first-order valence-corrected chi connectivity index (χ1v) is 7.48. The van der Waals surface area contributed by atoms with Gasteiger partial charge in [0.05, 0.1) is 0 Å². The minimum atomic E-state index is -0.702. The fourth-order valence-electron chi connectivity index (χ4n) is 2.65. The van der Waals surface area contributed by atoms with Crippen molar-refractivity contribution in [2.24, 2.45) is 0 Å². The monoisotopic (exact) mass is 335 g/mol. The number of nitrogens with zero attached hydrogens (tertiary/aromatic N) is 2. The van der Waals surface area contributed by atoms with Crippen LogP contribution in [-0.4, -0.2) is 34.5 Å². The van der Waals surface area contributed by atoms with E-state index in [-0.39, 0.29) is 23.7 Å². The highest BCUT2D eigenvalue weighted by Crippen LogP contribution is 2.18. The zero-order valence-corrected chi connectivity index (χ0v) is 12.7. The lowest BCUT2D eigenvalue weighted by Crippen LogP contribution is -2.52. The summed E-state index contributed by atoms with van der Waals surface area (Å²) in [4.78, 5) is 25.9. The molecule has 2 heterocycles. The van der Waals surface area contributed by atoms with Crippen LogP contribution >= 0.6 is 0 Å². The molecule has 2 amide bonds. The first kappa shape index (κ1) is 16.1. The van der Waals surface area contributed by atoms with Gasteiger partial charge in [-0.1, -0.05) is 11.2 Å². The van der Waals surface area contributed by atoms with E-state index in [1.54, 1.807) is 0 Å². The van der Waals surface area contributed by atoms with E-state index in [4.69, 9.17) is 0 Å². The summed E-state index contributed by atoms with van der Waals surface area (Å²) in [7, 11) is 0. The second-order valence-electron chi connectivity index (χ2n) is 5.55. The van der Waals surface area contributed by atoms with E-state index >= 15 is 0 Å². The molecule has 0 radical (unpaired) electrons. The molecule has 1 atom stereocenters. The maximum absolute atomic E-state index is 13.8. The van der Waals surface area contributed by atoms with Crippen molar-refractivity contribution in [1.29, 1.82) is 0 Å². The summed E-state index contributed by atoms with van der Waals surface area (Å²) in [6.07, 6.45) is 2.42. The van der Waals surface area contributed by atoms with Crippen LogP contribution in [0.4, 0.5) is 8.78 Å². The molecule has 1 aliphatic rings. The first-order chi connectivity index (χ1) is 11.5. The fraction of sp³-hybridized carbons (Fsp3) is 0.312. The molecule has 8 heteroatoms. The molecule has 1 aliphatic heterocycles. The van der Waals surface area contributed by atoms with Crippen LogP contribution in [0.5, 0.6) is 0 Å². The maximum Gasteiger partial charge on any atom is 0.274 e. The van der Waals surface area contributed by atoms with Crippen molar-refractivity contribution >= 4 is 11.8 Å². The lowest BCUT2D eigenvalue weighted by molar-refractivity contribution is -0.136. The summed E-state index contributed by atoms with van der Waals surface area (Å²) >= 11 is 0. The third-order valence-electron chi connectivity index (χ3n) is 3.88. The molecular weight excluding hydrogens is 320 g/mol. The average molecular weight is 335 g/mol. The molecule has 0 aliphatic carbocycles. The van der Waals surface area contributed by atoms with Crippen molar-refractivity contribution < 1.29 is 22.9 Å². The van der Waals surface area contributed by atoms with Crippen molar-refractivity contribution in [2.45, 2.75) is 25.4 Å². The van der Waals surface area contributed by atoms with E-state index in [0.29, 0.717) is 19.4 Å². The van der Waals surface area contributed by atoms with Crippen molar-refractivity contribution in [3.8, 4) is 0 Å². The Morgan fingerprint density at radius 3 is 2.92 bits per heavy atom. The normalized spacial score (nSPS) is 17.8. The number of carbonyl (C=O) groups is 2. The van der Waals surface area contributed by atoms with Crippen LogP contribution in [0.3, 0.4) is 0 Å². The Morgan fingerprint density at radius 2 is 2.21 bits per heavy atom. The quantitative estimate of drug-likeness (QED) is 0.926. The summed E-state index contributed by atoms with van der Waals surface area (Å²) < 4.78 is 31.3. The van der Waals surface area contributed by atoms with Crippen LogP contribution in [-0.2, 0) is 11.3 Å². The van der Waals surface area contributed by atoms with E-state index < -0.39 is 23.6 Å². The second kappa shape index (κ2) is 6.77. The summed E-state index contributed by atoms with van der Waals surface area (Å²) in [5.74, 6) is -2.17. The highest BCUT2D eigenvalue weighted by Gasteiger charge is 2.31. The Hall–Kier alpha value is -2.77. The fourth-order valence-corrected chi connectivity index (χ4v) is 2.65. The van der Waals surface area contributed by atoms with Gasteiger partial charge in [0.25, 0.3) is 5.91 Å². The largest absolute Gasteiger partial charge is 0.364 e. The Bertz CT molecular complexity index is 749. The van der Waals surface area contributed by atoms with Crippen LogP contribution < -0.4 is 5.32 Å². The van der Waals surface area contributed by atoms with Gasteiger partial charge in [-0.2, -0.15) is 0 Å². The number of halogens is 2. The van der Waals surface area contributed by atoms with Crippen LogP contribution in [0, 0.1) is 11.6 Å². The van der Waals surface area contributed by atoms with Gasteiger partial charge in [-0.3, -0.25) is 9.59 Å². The molecule has 24 heavy (non-hydrogen) atoms. The lowest BCUT2D eigenvalue weighted by Gasteiger charge is -2.32. The van der Waals surface area contributed by atoms with Crippen molar-refractivity contribution in [3.63, 3.8) is 0 Å². The number of carbonyl (C=O) groups excluding carboxylic acids is 2. The van der Waals surface area contributed by atoms with E-state index in [2.05, 4.69) is 15.0 Å². The smallest absolute Gasteiger partial charge is 0.274 e. The average Bonchev–Trinajstić information content (AvgIpc) is 3.08. The Labute approximate surface area is 136 Å². The number of hydrogen-bond acceptors (Lipinski definition) is 4. The third-order valence-corrected chi connectivity index (χ3v) is 3.88. The number of hydrogen-bond donors (Lipinski definition) is 1. The molecule has 1 fully saturated rings. The molecule has 3 rings (SSSR count). The van der Waals surface area contributed by atoms with Gasteiger partial charge in [0.1, 0.15) is 23.9 Å². The van der Waals surface area contributed by atoms with E-state index in [0.717, 1.165) is 12.1 Å². The number of likely N-dealkylation sites (tertiary alicyclic amines) is 1. The molecule has 0 spiro atoms. The van der Waals surface area contributed by atoms with Gasteiger partial charge < -0.3 is 14.7 Å². The van der Waals surface area contributed by atoms with Gasteiger partial charge in [0.15, 0.2) is 5.69 Å². The standard InChI is InChI=1S/C16H15F2N3O3/c17-11-4-3-10(12(18)8-11)9-21-6-1-2-14(16(21)23)19-15(22)13-5-7-24-20-13/h3-5,7-8,14H,1-2,6,9H2,(H,19,22)/t14-/m0/s1. The highest BCUT2D eigenvalue weighted by molar-refractivity contribution is 5.96. The van der Waals surface area contributed by atoms with Gasteiger partial charge in [-0.05, 0) is 18.9 Å². The van der Waals surface area contributed by atoms with Gasteiger partial charge in [-0.25, -0.2) is 8.78 Å². The van der Waals surface area contributed by atoms with Crippen LogP contribution in [0.1, 0.15) is 28.9 Å². The number of piperidine rings is 1. The summed E-state index contributed by atoms with van der Waals surface area (Å²) in [6.45, 7) is 0.479. The lowest BCUT2D eigenvalue weighted by atomic mass is 10.0. The molecule has 2 aromatic rings. The van der Waals surface area contributed by atoms with Gasteiger partial charge in [-0.15, -0.1) is 0 Å². The maximum atomic E-state index is 13.8. The minimum Gasteiger partial charge on any atom is -0.364 e. The van der Waals surface area contributed by atoms with Crippen LogP contribution in [0.25, 0.3) is 0 Å². The highest BCUT2D eigenvalue weighted by atomic mass is 19.1. The Kier molecular flexibility index (Phi) is 4.54. The summed E-state index contributed by atoms with van der Waals surface area (Å²) in [6, 6.07) is 3.94. The Morgan fingerprint density at radius 1 is 1.38 bits per heavy atom. The second-order valence-corrected chi connectivity index (χ2v) is 5.55.